The second-order valence-corrected chi connectivity index (χ2v) is 4.96. The molecule has 1 heterocycles. The lowest BCUT2D eigenvalue weighted by atomic mass is 10.1. The van der Waals surface area contributed by atoms with E-state index < -0.39 is 0 Å². The molecule has 0 saturated heterocycles. The molecule has 0 unspecified atom stereocenters. The zero-order valence-corrected chi connectivity index (χ0v) is 12.1. The monoisotopic (exact) mass is 318 g/mol. The molecule has 19 heavy (non-hydrogen) atoms. The van der Waals surface area contributed by atoms with Gasteiger partial charge in [0.1, 0.15) is 5.69 Å². The van der Waals surface area contributed by atoms with Gasteiger partial charge < -0.3 is 5.32 Å². The topological polar surface area (TPSA) is 42.0 Å². The van der Waals surface area contributed by atoms with Gasteiger partial charge in [0.05, 0.1) is 0 Å². The summed E-state index contributed by atoms with van der Waals surface area (Å²) in [4.78, 5) is 16.0. The summed E-state index contributed by atoms with van der Waals surface area (Å²) in [7, 11) is 0. The Morgan fingerprint density at radius 2 is 2.11 bits per heavy atom. The van der Waals surface area contributed by atoms with Crippen LogP contribution in [0.4, 0.5) is 5.69 Å². The number of pyridine rings is 1. The second-order valence-electron chi connectivity index (χ2n) is 4.16. The molecular weight excluding hydrogens is 304 g/mol. The van der Waals surface area contributed by atoms with Gasteiger partial charge in [-0.1, -0.05) is 34.1 Å². The first kappa shape index (κ1) is 13.7. The lowest BCUT2D eigenvalue weighted by Crippen LogP contribution is -2.13. The summed E-state index contributed by atoms with van der Waals surface area (Å²) in [6, 6.07) is 13.2. The molecular formula is C15H15BrN2O. The van der Waals surface area contributed by atoms with Crippen molar-refractivity contribution in [1.29, 1.82) is 0 Å². The fraction of sp³-hybridized carbons (Fsp3) is 0.200. The van der Waals surface area contributed by atoms with Crippen LogP contribution < -0.4 is 5.32 Å². The number of aryl methyl sites for hydroxylation is 1. The number of carbonyl (C=O) groups is 1. The fourth-order valence-electron chi connectivity index (χ4n) is 1.77. The van der Waals surface area contributed by atoms with Crippen LogP contribution in [0.15, 0.2) is 48.7 Å². The van der Waals surface area contributed by atoms with E-state index in [1.807, 2.05) is 18.2 Å². The number of aromatic nitrogens is 1. The maximum Gasteiger partial charge on any atom is 0.274 e. The lowest BCUT2D eigenvalue weighted by molar-refractivity contribution is 0.102. The Morgan fingerprint density at radius 1 is 1.21 bits per heavy atom. The molecule has 0 bridgehead atoms. The van der Waals surface area contributed by atoms with E-state index >= 15 is 0 Å². The molecule has 0 aliphatic heterocycles. The van der Waals surface area contributed by atoms with Crippen molar-refractivity contribution in [2.24, 2.45) is 0 Å². The minimum absolute atomic E-state index is 0.182. The van der Waals surface area contributed by atoms with Crippen LogP contribution in [0.1, 0.15) is 22.5 Å². The van der Waals surface area contributed by atoms with Gasteiger partial charge in [0.25, 0.3) is 5.91 Å². The Bertz CT molecular complexity index is 543. The van der Waals surface area contributed by atoms with Crippen molar-refractivity contribution >= 4 is 27.5 Å². The van der Waals surface area contributed by atoms with Crippen molar-refractivity contribution < 1.29 is 4.79 Å². The van der Waals surface area contributed by atoms with E-state index in [1.165, 1.54) is 5.56 Å². The number of rotatable bonds is 5. The molecule has 98 valence electrons. The average molecular weight is 319 g/mol. The summed E-state index contributed by atoms with van der Waals surface area (Å²) in [5.41, 5.74) is 2.45. The van der Waals surface area contributed by atoms with Crippen LogP contribution in [0.25, 0.3) is 0 Å². The van der Waals surface area contributed by atoms with Crippen LogP contribution in [0.2, 0.25) is 0 Å². The third-order valence-electron chi connectivity index (χ3n) is 2.68. The first-order valence-electron chi connectivity index (χ1n) is 6.17. The van der Waals surface area contributed by atoms with Gasteiger partial charge in [0, 0.05) is 17.2 Å². The number of nitrogens with zero attached hydrogens (tertiary/aromatic N) is 1. The molecule has 2 rings (SSSR count). The number of benzene rings is 1. The van der Waals surface area contributed by atoms with Crippen LogP contribution in [-0.4, -0.2) is 16.2 Å². The maximum atomic E-state index is 12.0. The van der Waals surface area contributed by atoms with Gasteiger partial charge in [0.15, 0.2) is 0 Å². The van der Waals surface area contributed by atoms with E-state index in [0.29, 0.717) is 5.69 Å². The van der Waals surface area contributed by atoms with Crippen LogP contribution >= 0.6 is 15.9 Å². The molecule has 1 N–H and O–H groups in total. The summed E-state index contributed by atoms with van der Waals surface area (Å²) in [6.45, 7) is 0. The fourth-order valence-corrected chi connectivity index (χ4v) is 2.05. The van der Waals surface area contributed by atoms with Crippen molar-refractivity contribution in [3.8, 4) is 0 Å². The molecule has 3 nitrogen and oxygen atoms in total. The summed E-state index contributed by atoms with van der Waals surface area (Å²) in [5, 5.41) is 3.85. The number of hydrogen-bond acceptors (Lipinski definition) is 2. The molecule has 2 aromatic rings. The number of carbonyl (C=O) groups excluding carboxylic acids is 1. The first-order valence-corrected chi connectivity index (χ1v) is 7.29. The van der Waals surface area contributed by atoms with Gasteiger partial charge in [-0.05, 0) is 42.7 Å². The largest absolute Gasteiger partial charge is 0.321 e. The Hall–Kier alpha value is -1.68. The Balaban J connectivity index is 2.05. The van der Waals surface area contributed by atoms with Crippen LogP contribution in [0, 0.1) is 0 Å². The van der Waals surface area contributed by atoms with Gasteiger partial charge in [-0.3, -0.25) is 9.78 Å². The van der Waals surface area contributed by atoms with Crippen molar-refractivity contribution in [3.05, 3.63) is 59.9 Å². The smallest absolute Gasteiger partial charge is 0.274 e. The van der Waals surface area contributed by atoms with Gasteiger partial charge in [-0.2, -0.15) is 0 Å². The van der Waals surface area contributed by atoms with Gasteiger partial charge in [-0.25, -0.2) is 0 Å². The van der Waals surface area contributed by atoms with E-state index in [-0.39, 0.29) is 5.91 Å². The molecule has 0 spiro atoms. The van der Waals surface area contributed by atoms with E-state index in [4.69, 9.17) is 0 Å². The molecule has 0 radical (unpaired) electrons. The molecule has 0 saturated carbocycles. The normalized spacial score (nSPS) is 10.2. The highest BCUT2D eigenvalue weighted by atomic mass is 79.9. The number of nitrogens with one attached hydrogen (secondary N) is 1. The number of halogens is 1. The minimum atomic E-state index is -0.182. The number of alkyl halides is 1. The third-order valence-corrected chi connectivity index (χ3v) is 3.24. The van der Waals surface area contributed by atoms with Gasteiger partial charge in [-0.15, -0.1) is 0 Å². The highest BCUT2D eigenvalue weighted by Crippen LogP contribution is 2.13. The predicted octanol–water partition coefficient (Wildman–Crippen LogP) is 3.66. The summed E-state index contributed by atoms with van der Waals surface area (Å²) in [6.07, 6.45) is 3.69. The Labute approximate surface area is 121 Å². The van der Waals surface area contributed by atoms with E-state index in [0.717, 1.165) is 23.9 Å². The number of anilines is 1. The van der Waals surface area contributed by atoms with Crippen molar-refractivity contribution in [2.45, 2.75) is 12.8 Å². The predicted molar refractivity (Wildman–Crippen MR) is 80.7 cm³/mol. The molecule has 0 aliphatic carbocycles. The number of amides is 1. The van der Waals surface area contributed by atoms with Gasteiger partial charge in [0.2, 0.25) is 0 Å². The minimum Gasteiger partial charge on any atom is -0.321 e. The summed E-state index contributed by atoms with van der Waals surface area (Å²) in [5.74, 6) is -0.182. The second kappa shape index (κ2) is 7.04. The van der Waals surface area contributed by atoms with Crippen LogP contribution in [0.5, 0.6) is 0 Å². The SMILES string of the molecule is O=C(Nc1cccc(CCCBr)c1)c1ccccn1. The zero-order valence-electron chi connectivity index (χ0n) is 10.5. The third kappa shape index (κ3) is 4.17. The highest BCUT2D eigenvalue weighted by Gasteiger charge is 2.06. The first-order chi connectivity index (χ1) is 9.29. The van der Waals surface area contributed by atoms with Crippen LogP contribution in [-0.2, 0) is 6.42 Å². The molecule has 0 fully saturated rings. The van der Waals surface area contributed by atoms with E-state index in [9.17, 15) is 4.79 Å². The van der Waals surface area contributed by atoms with E-state index in [1.54, 1.807) is 24.4 Å². The molecule has 4 heteroatoms. The molecule has 1 amide bonds. The summed E-state index contributed by atoms with van der Waals surface area (Å²) < 4.78 is 0. The van der Waals surface area contributed by atoms with Crippen molar-refractivity contribution in [3.63, 3.8) is 0 Å². The maximum absolute atomic E-state index is 12.0. The standard InChI is InChI=1S/C15H15BrN2O/c16-9-4-6-12-5-3-7-13(11-12)18-15(19)14-8-1-2-10-17-14/h1-3,5,7-8,10-11H,4,6,9H2,(H,18,19). The number of hydrogen-bond donors (Lipinski definition) is 1. The Kier molecular flexibility index (Phi) is 5.10. The zero-order chi connectivity index (χ0) is 13.5. The summed E-state index contributed by atoms with van der Waals surface area (Å²) >= 11 is 3.42. The molecule has 1 aromatic heterocycles. The van der Waals surface area contributed by atoms with E-state index in [2.05, 4.69) is 32.3 Å². The quantitative estimate of drug-likeness (QED) is 0.855. The van der Waals surface area contributed by atoms with Crippen molar-refractivity contribution in [2.75, 3.05) is 10.6 Å². The highest BCUT2D eigenvalue weighted by molar-refractivity contribution is 9.09. The Morgan fingerprint density at radius 3 is 2.84 bits per heavy atom. The lowest BCUT2D eigenvalue weighted by Gasteiger charge is -2.06. The van der Waals surface area contributed by atoms with Crippen LogP contribution in [0.3, 0.4) is 0 Å². The average Bonchev–Trinajstić information content (AvgIpc) is 2.46. The molecule has 0 atom stereocenters. The van der Waals surface area contributed by atoms with Crippen molar-refractivity contribution in [1.82, 2.24) is 4.98 Å². The van der Waals surface area contributed by atoms with Gasteiger partial charge >= 0.3 is 0 Å². The molecule has 1 aromatic carbocycles. The molecule has 0 aliphatic rings.